The molecule has 0 amide bonds. The molecule has 0 spiro atoms. The van der Waals surface area contributed by atoms with Gasteiger partial charge in [-0.3, -0.25) is 9.36 Å². The van der Waals surface area contributed by atoms with Crippen molar-refractivity contribution in [2.45, 2.75) is 38.6 Å². The van der Waals surface area contributed by atoms with Crippen LogP contribution < -0.4 is 10.9 Å². The second-order valence-electron chi connectivity index (χ2n) is 11.8. The Labute approximate surface area is 254 Å². The van der Waals surface area contributed by atoms with Crippen molar-refractivity contribution < 1.29 is 0 Å². The predicted molar refractivity (Wildman–Crippen MR) is 172 cm³/mol. The molecule has 0 radical (unpaired) electrons. The summed E-state index contributed by atoms with van der Waals surface area (Å²) in [6.07, 6.45) is 7.72. The molecule has 1 aliphatic heterocycles. The van der Waals surface area contributed by atoms with Crippen LogP contribution in [0.2, 0.25) is 5.02 Å². The normalized spacial score (nSPS) is 17.5. The van der Waals surface area contributed by atoms with Gasteiger partial charge in [0.1, 0.15) is 5.65 Å². The van der Waals surface area contributed by atoms with E-state index in [2.05, 4.69) is 51.5 Å². The number of fused-ring (bicyclic) bond motifs is 1. The van der Waals surface area contributed by atoms with Gasteiger partial charge in [-0.1, -0.05) is 35.9 Å². The van der Waals surface area contributed by atoms with Crippen molar-refractivity contribution in [2.24, 2.45) is 11.8 Å². The lowest BCUT2D eigenvalue weighted by molar-refractivity contribution is 0.209. The second-order valence-corrected chi connectivity index (χ2v) is 12.9. The summed E-state index contributed by atoms with van der Waals surface area (Å²) >= 11 is 8.28. The van der Waals surface area contributed by atoms with Crippen molar-refractivity contribution in [1.29, 1.82) is 0 Å². The Kier molecular flexibility index (Phi) is 7.52. The molecule has 7 nitrogen and oxygen atoms in total. The molecule has 2 aromatic carbocycles. The fraction of sp³-hybridized carbons (Fsp3) is 0.333. The van der Waals surface area contributed by atoms with E-state index in [0.29, 0.717) is 46.1 Å². The van der Waals surface area contributed by atoms with Gasteiger partial charge in [-0.15, -0.1) is 11.3 Å². The number of nitrogens with one attached hydrogen (secondary N) is 1. The molecular weight excluding hydrogens is 564 g/mol. The van der Waals surface area contributed by atoms with Crippen LogP contribution in [-0.4, -0.2) is 44.6 Å². The Morgan fingerprint density at radius 1 is 1.02 bits per heavy atom. The van der Waals surface area contributed by atoms with E-state index in [-0.39, 0.29) is 5.56 Å². The van der Waals surface area contributed by atoms with Crippen molar-refractivity contribution in [1.82, 2.24) is 24.4 Å². The molecule has 5 aromatic rings. The Bertz CT molecular complexity index is 1780. The summed E-state index contributed by atoms with van der Waals surface area (Å²) in [5.74, 6) is 1.68. The highest BCUT2D eigenvalue weighted by atomic mass is 35.5. The van der Waals surface area contributed by atoms with E-state index in [9.17, 15) is 4.79 Å². The standard InChI is InChI=1S/C33H33ClN6OS/c1-39-12-2-3-23(17-39)13-21-6-9-26(10-7-21)37-33-35-16-25-14-28(32(41)40(31(25)38-33)18-22-4-5-22)27-11-8-24(15-29(27)34)30-19-42-20-36-30/h6-11,14-16,19-20,22-23H,2-5,12-13,17-18H2,1H3,(H,35,37,38). The summed E-state index contributed by atoms with van der Waals surface area (Å²) in [5.41, 5.74) is 7.70. The maximum Gasteiger partial charge on any atom is 0.260 e. The molecule has 214 valence electrons. The SMILES string of the molecule is CN1CCCC(Cc2ccc(Nc3ncc4cc(-c5ccc(-c6cscn6)cc5Cl)c(=O)n(CC5CC5)c4n3)cc2)C1. The van der Waals surface area contributed by atoms with E-state index in [1.54, 1.807) is 11.7 Å². The molecule has 9 heteroatoms. The van der Waals surface area contributed by atoms with Crippen molar-refractivity contribution in [3.63, 3.8) is 0 Å². The van der Waals surface area contributed by atoms with Crippen LogP contribution in [0.4, 0.5) is 11.6 Å². The topological polar surface area (TPSA) is 75.9 Å². The summed E-state index contributed by atoms with van der Waals surface area (Å²) in [4.78, 5) is 30.2. The molecule has 3 aromatic heterocycles. The highest BCUT2D eigenvalue weighted by molar-refractivity contribution is 7.07. The van der Waals surface area contributed by atoms with Crippen LogP contribution in [0.1, 0.15) is 31.2 Å². The molecule has 1 saturated heterocycles. The van der Waals surface area contributed by atoms with Gasteiger partial charge in [-0.2, -0.15) is 4.98 Å². The zero-order valence-electron chi connectivity index (χ0n) is 23.6. The summed E-state index contributed by atoms with van der Waals surface area (Å²) in [7, 11) is 2.21. The molecule has 0 bridgehead atoms. The highest BCUT2D eigenvalue weighted by Gasteiger charge is 2.25. The minimum Gasteiger partial charge on any atom is -0.324 e. The molecule has 1 aliphatic carbocycles. The van der Waals surface area contributed by atoms with E-state index < -0.39 is 0 Å². The quantitative estimate of drug-likeness (QED) is 0.203. The number of aromatic nitrogens is 4. The zero-order valence-corrected chi connectivity index (χ0v) is 25.2. The van der Waals surface area contributed by atoms with E-state index >= 15 is 0 Å². The van der Waals surface area contributed by atoms with Crippen LogP contribution in [-0.2, 0) is 13.0 Å². The number of nitrogens with zero attached hydrogens (tertiary/aromatic N) is 5. The lowest BCUT2D eigenvalue weighted by Crippen LogP contribution is -2.32. The largest absolute Gasteiger partial charge is 0.324 e. The summed E-state index contributed by atoms with van der Waals surface area (Å²) < 4.78 is 1.81. The molecule has 4 heterocycles. The first kappa shape index (κ1) is 27.3. The third kappa shape index (κ3) is 5.84. The van der Waals surface area contributed by atoms with Crippen LogP contribution in [0.5, 0.6) is 0 Å². The number of rotatable bonds is 8. The monoisotopic (exact) mass is 596 g/mol. The molecule has 1 unspecified atom stereocenters. The summed E-state index contributed by atoms with van der Waals surface area (Å²) in [6.45, 7) is 3.01. The van der Waals surface area contributed by atoms with Crippen LogP contribution in [0, 0.1) is 11.8 Å². The number of hydrogen-bond acceptors (Lipinski definition) is 7. The molecule has 7 rings (SSSR count). The average Bonchev–Trinajstić information content (AvgIpc) is 3.64. The van der Waals surface area contributed by atoms with Crippen LogP contribution in [0.3, 0.4) is 0 Å². The second kappa shape index (κ2) is 11.6. The van der Waals surface area contributed by atoms with E-state index in [1.165, 1.54) is 42.8 Å². The molecule has 1 N–H and O–H groups in total. The van der Waals surface area contributed by atoms with Gasteiger partial charge >= 0.3 is 0 Å². The summed E-state index contributed by atoms with van der Waals surface area (Å²) in [6, 6.07) is 16.2. The minimum atomic E-state index is -0.0833. The van der Waals surface area contributed by atoms with E-state index in [0.717, 1.165) is 41.6 Å². The first-order valence-electron chi connectivity index (χ1n) is 14.6. The van der Waals surface area contributed by atoms with Gasteiger partial charge in [-0.25, -0.2) is 9.97 Å². The van der Waals surface area contributed by atoms with Crippen LogP contribution in [0.25, 0.3) is 33.4 Å². The smallest absolute Gasteiger partial charge is 0.260 e. The number of thiazole rings is 1. The molecule has 42 heavy (non-hydrogen) atoms. The molecular formula is C33H33ClN6OS. The van der Waals surface area contributed by atoms with Gasteiger partial charge in [-0.05, 0) is 87.4 Å². The number of hydrogen-bond donors (Lipinski definition) is 1. The Morgan fingerprint density at radius 2 is 1.88 bits per heavy atom. The van der Waals surface area contributed by atoms with Gasteiger partial charge in [0.2, 0.25) is 5.95 Å². The van der Waals surface area contributed by atoms with Gasteiger partial charge < -0.3 is 10.2 Å². The fourth-order valence-electron chi connectivity index (χ4n) is 6.01. The van der Waals surface area contributed by atoms with Crippen molar-refractivity contribution in [2.75, 3.05) is 25.5 Å². The number of pyridine rings is 1. The van der Waals surface area contributed by atoms with Gasteiger partial charge in [0.05, 0.1) is 11.2 Å². The Hall–Kier alpha value is -3.59. The molecule has 1 saturated carbocycles. The lowest BCUT2D eigenvalue weighted by Gasteiger charge is -2.29. The third-order valence-electron chi connectivity index (χ3n) is 8.41. The number of piperidine rings is 1. The highest BCUT2D eigenvalue weighted by Crippen LogP contribution is 2.34. The first-order chi connectivity index (χ1) is 20.5. The lowest BCUT2D eigenvalue weighted by atomic mass is 9.91. The van der Waals surface area contributed by atoms with Gasteiger partial charge in [0.15, 0.2) is 0 Å². The minimum absolute atomic E-state index is 0.0833. The number of anilines is 2. The molecule has 2 fully saturated rings. The maximum absolute atomic E-state index is 13.9. The number of likely N-dealkylation sites (tertiary alicyclic amines) is 1. The van der Waals surface area contributed by atoms with Crippen LogP contribution >= 0.6 is 22.9 Å². The Morgan fingerprint density at radius 3 is 2.62 bits per heavy atom. The summed E-state index contributed by atoms with van der Waals surface area (Å²) in [5, 5.41) is 6.67. The number of halogens is 1. The van der Waals surface area contributed by atoms with Gasteiger partial charge in [0, 0.05) is 57.5 Å². The van der Waals surface area contributed by atoms with E-state index in [1.807, 2.05) is 34.2 Å². The van der Waals surface area contributed by atoms with Crippen molar-refractivity contribution in [3.05, 3.63) is 86.6 Å². The average molecular weight is 597 g/mol. The van der Waals surface area contributed by atoms with E-state index in [4.69, 9.17) is 16.6 Å². The maximum atomic E-state index is 13.9. The molecule has 2 aliphatic rings. The van der Waals surface area contributed by atoms with Crippen molar-refractivity contribution in [3.8, 4) is 22.4 Å². The molecule has 1 atom stereocenters. The predicted octanol–water partition coefficient (Wildman–Crippen LogP) is 7.27. The third-order valence-corrected chi connectivity index (χ3v) is 9.31. The first-order valence-corrected chi connectivity index (χ1v) is 16.0. The van der Waals surface area contributed by atoms with Crippen molar-refractivity contribution >= 4 is 45.6 Å². The fourth-order valence-corrected chi connectivity index (χ4v) is 6.86. The Balaban J connectivity index is 1.17. The van der Waals surface area contributed by atoms with Gasteiger partial charge in [0.25, 0.3) is 5.56 Å². The van der Waals surface area contributed by atoms with Crippen LogP contribution in [0.15, 0.2) is 70.4 Å². The number of benzene rings is 2. The zero-order chi connectivity index (χ0) is 28.6.